The Kier molecular flexibility index (Phi) is 8.96. The van der Waals surface area contributed by atoms with Gasteiger partial charge in [-0.15, -0.1) is 0 Å². The lowest BCUT2D eigenvalue weighted by Crippen LogP contribution is -2.28. The quantitative estimate of drug-likeness (QED) is 0.610. The second-order valence-corrected chi connectivity index (χ2v) is 5.90. The Labute approximate surface area is 102 Å². The Bertz CT molecular complexity index is 151. The van der Waals surface area contributed by atoms with Gasteiger partial charge in [0.05, 0.1) is 6.10 Å². The van der Waals surface area contributed by atoms with Gasteiger partial charge in [0.2, 0.25) is 0 Å². The van der Waals surface area contributed by atoms with Crippen LogP contribution in [0.1, 0.15) is 60.3 Å². The topological polar surface area (TPSA) is 21.3 Å². The minimum atomic E-state index is 0.337. The Balaban J connectivity index is 3.28. The van der Waals surface area contributed by atoms with Gasteiger partial charge in [-0.2, -0.15) is 0 Å². The molecule has 1 N–H and O–H groups in total. The predicted molar refractivity (Wildman–Crippen MR) is 71.9 cm³/mol. The molecule has 0 spiro atoms. The summed E-state index contributed by atoms with van der Waals surface area (Å²) in [5, 5.41) is 3.44. The van der Waals surface area contributed by atoms with Crippen molar-refractivity contribution in [1.82, 2.24) is 5.32 Å². The number of rotatable bonds is 9. The summed E-state index contributed by atoms with van der Waals surface area (Å²) in [5.41, 5.74) is 0.383. The Morgan fingerprint density at radius 3 is 2.44 bits per heavy atom. The molecular formula is C14H31NO. The first-order valence-corrected chi connectivity index (χ1v) is 6.78. The lowest BCUT2D eigenvalue weighted by Gasteiger charge is -2.20. The maximum atomic E-state index is 5.76. The van der Waals surface area contributed by atoms with E-state index in [1.165, 1.54) is 19.3 Å². The van der Waals surface area contributed by atoms with Gasteiger partial charge in [-0.1, -0.05) is 40.5 Å². The van der Waals surface area contributed by atoms with E-state index >= 15 is 0 Å². The molecule has 0 amide bonds. The van der Waals surface area contributed by atoms with Crippen molar-refractivity contribution in [3.05, 3.63) is 0 Å². The number of ether oxygens (including phenoxy) is 1. The molecule has 0 heterocycles. The summed E-state index contributed by atoms with van der Waals surface area (Å²) >= 11 is 0. The average Bonchev–Trinajstić information content (AvgIpc) is 2.15. The summed E-state index contributed by atoms with van der Waals surface area (Å²) in [5.74, 6) is 0. The van der Waals surface area contributed by atoms with E-state index in [4.69, 9.17) is 4.74 Å². The normalized spacial score (nSPS) is 14.1. The van der Waals surface area contributed by atoms with Gasteiger partial charge >= 0.3 is 0 Å². The van der Waals surface area contributed by atoms with E-state index in [0.717, 1.165) is 26.1 Å². The second kappa shape index (κ2) is 9.00. The number of unbranched alkanes of at least 4 members (excludes halogenated alkanes) is 2. The zero-order valence-corrected chi connectivity index (χ0v) is 11.9. The van der Waals surface area contributed by atoms with Crippen LogP contribution in [0.2, 0.25) is 0 Å². The highest BCUT2D eigenvalue weighted by Crippen LogP contribution is 2.18. The zero-order valence-electron chi connectivity index (χ0n) is 11.9. The first-order chi connectivity index (χ1) is 7.45. The van der Waals surface area contributed by atoms with Gasteiger partial charge < -0.3 is 10.1 Å². The molecule has 1 unspecified atom stereocenters. The Morgan fingerprint density at radius 2 is 1.88 bits per heavy atom. The van der Waals surface area contributed by atoms with Crippen LogP contribution in [0.25, 0.3) is 0 Å². The van der Waals surface area contributed by atoms with Gasteiger partial charge in [0.25, 0.3) is 0 Å². The monoisotopic (exact) mass is 229 g/mol. The molecule has 2 heteroatoms. The molecule has 0 radical (unpaired) electrons. The summed E-state index contributed by atoms with van der Waals surface area (Å²) in [6.07, 6.45) is 5.37. The van der Waals surface area contributed by atoms with Gasteiger partial charge in [0, 0.05) is 13.2 Å². The van der Waals surface area contributed by atoms with Crippen molar-refractivity contribution in [1.29, 1.82) is 0 Å². The third-order valence-electron chi connectivity index (χ3n) is 2.64. The molecule has 0 saturated heterocycles. The molecule has 0 aromatic carbocycles. The van der Waals surface area contributed by atoms with Crippen LogP contribution in [0.3, 0.4) is 0 Å². The Hall–Kier alpha value is -0.0800. The minimum absolute atomic E-state index is 0.337. The van der Waals surface area contributed by atoms with Crippen molar-refractivity contribution < 1.29 is 4.74 Å². The fraction of sp³-hybridized carbons (Fsp3) is 1.00. The molecule has 0 aromatic rings. The van der Waals surface area contributed by atoms with Gasteiger partial charge in [-0.25, -0.2) is 0 Å². The van der Waals surface area contributed by atoms with Crippen LogP contribution in [-0.4, -0.2) is 25.8 Å². The zero-order chi connectivity index (χ0) is 12.4. The van der Waals surface area contributed by atoms with Crippen LogP contribution in [0.5, 0.6) is 0 Å². The largest absolute Gasteiger partial charge is 0.377 e. The average molecular weight is 229 g/mol. The summed E-state index contributed by atoms with van der Waals surface area (Å²) in [6, 6.07) is 0. The summed E-state index contributed by atoms with van der Waals surface area (Å²) in [4.78, 5) is 0. The van der Waals surface area contributed by atoms with Crippen molar-refractivity contribution in [2.45, 2.75) is 66.4 Å². The predicted octanol–water partition coefficient (Wildman–Crippen LogP) is 3.61. The molecule has 16 heavy (non-hydrogen) atoms. The first kappa shape index (κ1) is 15.9. The number of hydrogen-bond acceptors (Lipinski definition) is 2. The van der Waals surface area contributed by atoms with Crippen LogP contribution in [0, 0.1) is 5.41 Å². The number of nitrogens with one attached hydrogen (secondary N) is 1. The maximum Gasteiger partial charge on any atom is 0.0671 e. The second-order valence-electron chi connectivity index (χ2n) is 5.90. The fourth-order valence-electron chi connectivity index (χ4n) is 1.43. The standard InChI is InChI=1S/C14H31NO/c1-6-7-8-10-15-12-13(2)16-11-9-14(3,4)5/h13,15H,6-12H2,1-5H3. The summed E-state index contributed by atoms with van der Waals surface area (Å²) < 4.78 is 5.76. The van der Waals surface area contributed by atoms with E-state index < -0.39 is 0 Å². The lowest BCUT2D eigenvalue weighted by molar-refractivity contribution is 0.0493. The van der Waals surface area contributed by atoms with E-state index in [0.29, 0.717) is 11.5 Å². The highest BCUT2D eigenvalue weighted by molar-refractivity contribution is 4.62. The van der Waals surface area contributed by atoms with Crippen LogP contribution in [0.4, 0.5) is 0 Å². The van der Waals surface area contributed by atoms with Gasteiger partial charge in [0.15, 0.2) is 0 Å². The molecule has 0 rings (SSSR count). The molecule has 1 atom stereocenters. The van der Waals surface area contributed by atoms with E-state index in [1.807, 2.05) is 0 Å². The van der Waals surface area contributed by atoms with E-state index in [-0.39, 0.29) is 0 Å². The third-order valence-corrected chi connectivity index (χ3v) is 2.64. The molecule has 0 fully saturated rings. The SMILES string of the molecule is CCCCCNCC(C)OCCC(C)(C)C. The molecule has 0 aliphatic heterocycles. The molecule has 98 valence electrons. The molecule has 0 bridgehead atoms. The maximum absolute atomic E-state index is 5.76. The van der Waals surface area contributed by atoms with E-state index in [2.05, 4.69) is 39.9 Å². The van der Waals surface area contributed by atoms with Crippen molar-refractivity contribution >= 4 is 0 Å². The van der Waals surface area contributed by atoms with Gasteiger partial charge in [-0.3, -0.25) is 0 Å². The third kappa shape index (κ3) is 12.0. The molecular weight excluding hydrogens is 198 g/mol. The van der Waals surface area contributed by atoms with Crippen molar-refractivity contribution in [2.24, 2.45) is 5.41 Å². The highest BCUT2D eigenvalue weighted by atomic mass is 16.5. The molecule has 0 aromatic heterocycles. The smallest absolute Gasteiger partial charge is 0.0671 e. The van der Waals surface area contributed by atoms with Crippen LogP contribution in [-0.2, 0) is 4.74 Å². The van der Waals surface area contributed by atoms with Crippen LogP contribution >= 0.6 is 0 Å². The Morgan fingerprint density at radius 1 is 1.19 bits per heavy atom. The van der Waals surface area contributed by atoms with Gasteiger partial charge in [0.1, 0.15) is 0 Å². The van der Waals surface area contributed by atoms with E-state index in [1.54, 1.807) is 0 Å². The first-order valence-electron chi connectivity index (χ1n) is 6.78. The van der Waals surface area contributed by atoms with Crippen molar-refractivity contribution in [3.63, 3.8) is 0 Å². The summed E-state index contributed by atoms with van der Waals surface area (Å²) in [7, 11) is 0. The van der Waals surface area contributed by atoms with Crippen molar-refractivity contribution in [2.75, 3.05) is 19.7 Å². The molecule has 2 nitrogen and oxygen atoms in total. The number of hydrogen-bond donors (Lipinski definition) is 1. The highest BCUT2D eigenvalue weighted by Gasteiger charge is 2.10. The molecule has 0 aliphatic carbocycles. The molecule has 0 saturated carbocycles. The van der Waals surface area contributed by atoms with Crippen LogP contribution < -0.4 is 5.32 Å². The molecule has 0 aliphatic rings. The summed E-state index contributed by atoms with van der Waals surface area (Å²) in [6.45, 7) is 14.1. The van der Waals surface area contributed by atoms with Crippen LogP contribution in [0.15, 0.2) is 0 Å². The fourth-order valence-corrected chi connectivity index (χ4v) is 1.43. The van der Waals surface area contributed by atoms with E-state index in [9.17, 15) is 0 Å². The lowest BCUT2D eigenvalue weighted by atomic mass is 9.93. The van der Waals surface area contributed by atoms with Crippen molar-refractivity contribution in [3.8, 4) is 0 Å². The minimum Gasteiger partial charge on any atom is -0.377 e. The van der Waals surface area contributed by atoms with Gasteiger partial charge in [-0.05, 0) is 31.7 Å².